The lowest BCUT2D eigenvalue weighted by molar-refractivity contribution is 0.552. The van der Waals surface area contributed by atoms with Crippen LogP contribution in [0, 0.1) is 6.92 Å². The third kappa shape index (κ3) is 3.31. The van der Waals surface area contributed by atoms with Gasteiger partial charge in [-0.2, -0.15) is 0 Å². The monoisotopic (exact) mass is 280 g/mol. The second-order valence-electron chi connectivity index (χ2n) is 4.27. The fraction of sp³-hybridized carbons (Fsp3) is 0.357. The number of likely N-dealkylation sites (N-methyl/N-ethyl adjacent to an activating group) is 1. The number of hydrogen-bond donors (Lipinski definition) is 1. The molecule has 2 aromatic heterocycles. The van der Waals surface area contributed by atoms with Gasteiger partial charge in [0.15, 0.2) is 0 Å². The van der Waals surface area contributed by atoms with Gasteiger partial charge in [0.2, 0.25) is 0 Å². The third-order valence-electron chi connectivity index (χ3n) is 2.80. The van der Waals surface area contributed by atoms with E-state index in [0.29, 0.717) is 0 Å². The summed E-state index contributed by atoms with van der Waals surface area (Å²) in [5.41, 5.74) is 2.28. The molecule has 0 aliphatic carbocycles. The SMILES string of the molecule is CCNC(Cc1ccc(C)cn1)c1sccc1Cl. The zero-order chi connectivity index (χ0) is 13.0. The summed E-state index contributed by atoms with van der Waals surface area (Å²) >= 11 is 7.91. The van der Waals surface area contributed by atoms with Crippen LogP contribution in [0.1, 0.15) is 29.1 Å². The van der Waals surface area contributed by atoms with Crippen molar-refractivity contribution in [2.75, 3.05) is 6.54 Å². The lowest BCUT2D eigenvalue weighted by Crippen LogP contribution is -2.22. The summed E-state index contributed by atoms with van der Waals surface area (Å²) < 4.78 is 0. The average Bonchev–Trinajstić information content (AvgIpc) is 2.78. The molecule has 1 unspecified atom stereocenters. The highest BCUT2D eigenvalue weighted by Gasteiger charge is 2.16. The Labute approximate surface area is 117 Å². The fourth-order valence-corrected chi connectivity index (χ4v) is 3.15. The summed E-state index contributed by atoms with van der Waals surface area (Å²) in [6, 6.07) is 6.38. The summed E-state index contributed by atoms with van der Waals surface area (Å²) in [6.07, 6.45) is 2.78. The highest BCUT2D eigenvalue weighted by molar-refractivity contribution is 7.10. The fourth-order valence-electron chi connectivity index (χ4n) is 1.89. The Balaban J connectivity index is 2.16. The van der Waals surface area contributed by atoms with Gasteiger partial charge in [-0.15, -0.1) is 11.3 Å². The number of nitrogens with zero attached hydrogens (tertiary/aromatic N) is 1. The van der Waals surface area contributed by atoms with Crippen LogP contribution in [0.4, 0.5) is 0 Å². The van der Waals surface area contributed by atoms with Gasteiger partial charge in [-0.25, -0.2) is 0 Å². The Hall–Kier alpha value is -0.900. The van der Waals surface area contributed by atoms with Crippen LogP contribution in [-0.2, 0) is 6.42 Å². The minimum absolute atomic E-state index is 0.248. The molecule has 18 heavy (non-hydrogen) atoms. The normalized spacial score (nSPS) is 12.6. The van der Waals surface area contributed by atoms with Crippen LogP contribution in [0.5, 0.6) is 0 Å². The first-order valence-electron chi connectivity index (χ1n) is 6.08. The number of pyridine rings is 1. The van der Waals surface area contributed by atoms with Crippen LogP contribution in [0.25, 0.3) is 0 Å². The molecule has 0 saturated carbocycles. The van der Waals surface area contributed by atoms with Crippen molar-refractivity contribution in [1.82, 2.24) is 10.3 Å². The summed E-state index contributed by atoms with van der Waals surface area (Å²) in [4.78, 5) is 5.66. The van der Waals surface area contributed by atoms with Crippen LogP contribution < -0.4 is 5.32 Å². The van der Waals surface area contributed by atoms with Crippen molar-refractivity contribution in [3.8, 4) is 0 Å². The molecular formula is C14H17ClN2S. The van der Waals surface area contributed by atoms with Gasteiger partial charge >= 0.3 is 0 Å². The standard InChI is InChI=1S/C14H17ClN2S/c1-3-16-13(14-12(15)6-7-18-14)8-11-5-4-10(2)9-17-11/h4-7,9,13,16H,3,8H2,1-2H3. The molecule has 0 fully saturated rings. The van der Waals surface area contributed by atoms with E-state index in [1.54, 1.807) is 11.3 Å². The summed E-state index contributed by atoms with van der Waals surface area (Å²) in [5.74, 6) is 0. The predicted octanol–water partition coefficient (Wildman–Crippen LogP) is 4.00. The van der Waals surface area contributed by atoms with Gasteiger partial charge in [0.05, 0.1) is 5.02 Å². The average molecular weight is 281 g/mol. The van der Waals surface area contributed by atoms with E-state index in [1.807, 2.05) is 17.6 Å². The molecule has 4 heteroatoms. The van der Waals surface area contributed by atoms with Crippen molar-refractivity contribution >= 4 is 22.9 Å². The van der Waals surface area contributed by atoms with Gasteiger partial charge in [0.25, 0.3) is 0 Å². The molecule has 0 aliphatic heterocycles. The minimum Gasteiger partial charge on any atom is -0.309 e. The van der Waals surface area contributed by atoms with Crippen LogP contribution in [0.15, 0.2) is 29.8 Å². The lowest BCUT2D eigenvalue weighted by atomic mass is 10.1. The van der Waals surface area contributed by atoms with E-state index in [2.05, 4.69) is 36.3 Å². The Morgan fingerprint density at radius 1 is 1.39 bits per heavy atom. The number of rotatable bonds is 5. The van der Waals surface area contributed by atoms with Crippen LogP contribution in [0.2, 0.25) is 5.02 Å². The van der Waals surface area contributed by atoms with Crippen molar-refractivity contribution in [2.45, 2.75) is 26.3 Å². The van der Waals surface area contributed by atoms with E-state index in [-0.39, 0.29) is 6.04 Å². The van der Waals surface area contributed by atoms with Gasteiger partial charge in [-0.05, 0) is 36.5 Å². The van der Waals surface area contributed by atoms with Gasteiger partial charge < -0.3 is 5.32 Å². The molecule has 0 aliphatic rings. The number of nitrogens with one attached hydrogen (secondary N) is 1. The lowest BCUT2D eigenvalue weighted by Gasteiger charge is -2.16. The Bertz CT molecular complexity index is 493. The van der Waals surface area contributed by atoms with Crippen LogP contribution in [0.3, 0.4) is 0 Å². The predicted molar refractivity (Wildman–Crippen MR) is 78.4 cm³/mol. The van der Waals surface area contributed by atoms with E-state index in [1.165, 1.54) is 10.4 Å². The summed E-state index contributed by atoms with van der Waals surface area (Å²) in [6.45, 7) is 5.08. The molecule has 0 spiro atoms. The molecular weight excluding hydrogens is 264 g/mol. The number of halogens is 1. The molecule has 1 N–H and O–H groups in total. The first-order chi connectivity index (χ1) is 8.70. The van der Waals surface area contributed by atoms with E-state index < -0.39 is 0 Å². The Kier molecular flexibility index (Phi) is 4.75. The molecule has 2 rings (SSSR count). The van der Waals surface area contributed by atoms with Gasteiger partial charge in [0.1, 0.15) is 0 Å². The molecule has 0 bridgehead atoms. The van der Waals surface area contributed by atoms with Crippen molar-refractivity contribution in [3.05, 3.63) is 50.9 Å². The highest BCUT2D eigenvalue weighted by atomic mass is 35.5. The molecule has 0 saturated heterocycles. The van der Waals surface area contributed by atoms with E-state index in [9.17, 15) is 0 Å². The largest absolute Gasteiger partial charge is 0.309 e. The number of hydrogen-bond acceptors (Lipinski definition) is 3. The maximum Gasteiger partial charge on any atom is 0.0561 e. The zero-order valence-electron chi connectivity index (χ0n) is 10.6. The van der Waals surface area contributed by atoms with Gasteiger partial charge in [-0.3, -0.25) is 4.98 Å². The molecule has 0 radical (unpaired) electrons. The smallest absolute Gasteiger partial charge is 0.0561 e. The van der Waals surface area contributed by atoms with Crippen molar-refractivity contribution in [3.63, 3.8) is 0 Å². The molecule has 2 heterocycles. The molecule has 96 valence electrons. The van der Waals surface area contributed by atoms with E-state index >= 15 is 0 Å². The maximum absolute atomic E-state index is 6.21. The molecule has 2 nitrogen and oxygen atoms in total. The van der Waals surface area contributed by atoms with Crippen molar-refractivity contribution < 1.29 is 0 Å². The summed E-state index contributed by atoms with van der Waals surface area (Å²) in [5, 5.41) is 6.35. The number of aryl methyl sites for hydroxylation is 1. The highest BCUT2D eigenvalue weighted by Crippen LogP contribution is 2.30. The second kappa shape index (κ2) is 6.32. The second-order valence-corrected chi connectivity index (χ2v) is 5.63. The zero-order valence-corrected chi connectivity index (χ0v) is 12.2. The van der Waals surface area contributed by atoms with Crippen molar-refractivity contribution in [1.29, 1.82) is 0 Å². The molecule has 2 aromatic rings. The number of aromatic nitrogens is 1. The van der Waals surface area contributed by atoms with E-state index in [4.69, 9.17) is 11.6 Å². The Morgan fingerprint density at radius 3 is 2.78 bits per heavy atom. The quantitative estimate of drug-likeness (QED) is 0.895. The first-order valence-corrected chi connectivity index (χ1v) is 7.34. The van der Waals surface area contributed by atoms with Gasteiger partial charge in [-0.1, -0.05) is 24.6 Å². The maximum atomic E-state index is 6.21. The van der Waals surface area contributed by atoms with E-state index in [0.717, 1.165) is 23.7 Å². The van der Waals surface area contributed by atoms with Crippen molar-refractivity contribution in [2.24, 2.45) is 0 Å². The van der Waals surface area contributed by atoms with Crippen LogP contribution in [-0.4, -0.2) is 11.5 Å². The molecule has 0 amide bonds. The molecule has 1 atom stereocenters. The minimum atomic E-state index is 0.248. The third-order valence-corrected chi connectivity index (χ3v) is 4.27. The van der Waals surface area contributed by atoms with Gasteiger partial charge in [0, 0.05) is 29.2 Å². The first kappa shape index (κ1) is 13.5. The summed E-state index contributed by atoms with van der Waals surface area (Å²) in [7, 11) is 0. The number of thiophene rings is 1. The topological polar surface area (TPSA) is 24.9 Å². The molecule has 0 aromatic carbocycles. The Morgan fingerprint density at radius 2 is 2.22 bits per heavy atom. The van der Waals surface area contributed by atoms with Crippen LogP contribution >= 0.6 is 22.9 Å².